The molecule has 1 aromatic heterocycles. The molecule has 0 saturated carbocycles. The number of pyridine rings is 1. The number of carbonyl (C=O) groups excluding carboxylic acids is 3. The monoisotopic (exact) mass is 569 g/mol. The number of carbonyl (C=O) groups is 3. The summed E-state index contributed by atoms with van der Waals surface area (Å²) in [6, 6.07) is 14.1. The second-order valence-electron chi connectivity index (χ2n) is 8.94. The average Bonchev–Trinajstić information content (AvgIpc) is 2.94. The van der Waals surface area contributed by atoms with Gasteiger partial charge in [0, 0.05) is 34.9 Å². The second kappa shape index (κ2) is 13.6. The number of benzene rings is 2. The van der Waals surface area contributed by atoms with Crippen LogP contribution in [0.2, 0.25) is 0 Å². The lowest BCUT2D eigenvalue weighted by atomic mass is 10.1. The summed E-state index contributed by atoms with van der Waals surface area (Å²) in [4.78, 5) is 43.8. The predicted molar refractivity (Wildman–Crippen MR) is 154 cm³/mol. The van der Waals surface area contributed by atoms with E-state index in [1.54, 1.807) is 68.4 Å². The Kier molecular flexibility index (Phi) is 9.98. The van der Waals surface area contributed by atoms with Gasteiger partial charge in [-0.2, -0.15) is 5.26 Å². The number of rotatable bonds is 8. The number of likely N-dealkylation sites (N-methyl/N-ethyl adjacent to an activating group) is 1. The number of aromatic nitrogens is 1. The van der Waals surface area contributed by atoms with Gasteiger partial charge >= 0.3 is 11.9 Å². The van der Waals surface area contributed by atoms with E-state index < -0.39 is 23.6 Å². The van der Waals surface area contributed by atoms with Crippen molar-refractivity contribution in [2.45, 2.75) is 6.92 Å². The molecule has 1 aliphatic heterocycles. The number of nitrogens with one attached hydrogen (secondary N) is 2. The quantitative estimate of drug-likeness (QED) is 0.303. The van der Waals surface area contributed by atoms with E-state index in [1.165, 1.54) is 0 Å². The highest BCUT2D eigenvalue weighted by atomic mass is 16.6. The van der Waals surface area contributed by atoms with Gasteiger partial charge in [0.1, 0.15) is 17.6 Å². The van der Waals surface area contributed by atoms with Crippen molar-refractivity contribution < 1.29 is 34.1 Å². The van der Waals surface area contributed by atoms with Crippen LogP contribution in [-0.2, 0) is 23.9 Å². The van der Waals surface area contributed by atoms with Crippen molar-refractivity contribution in [3.8, 4) is 24.2 Å². The number of cyclic esters (lactones) is 2. The van der Waals surface area contributed by atoms with Crippen molar-refractivity contribution in [2.75, 3.05) is 37.9 Å². The van der Waals surface area contributed by atoms with E-state index in [0.29, 0.717) is 28.0 Å². The number of anilines is 3. The molecule has 4 N–H and O–H groups in total. The van der Waals surface area contributed by atoms with Gasteiger partial charge < -0.3 is 35.2 Å². The molecule has 0 radical (unpaired) electrons. The van der Waals surface area contributed by atoms with E-state index in [1.807, 2.05) is 0 Å². The molecule has 0 bridgehead atoms. The molecular formula is C30H27N5O7. The molecule has 12 heteroatoms. The zero-order chi connectivity index (χ0) is 29.5. The van der Waals surface area contributed by atoms with Gasteiger partial charge in [-0.05, 0) is 51.4 Å². The highest BCUT2D eigenvalue weighted by molar-refractivity contribution is 6.07. The largest absolute Gasteiger partial charge is 0.492 e. The van der Waals surface area contributed by atoms with Gasteiger partial charge in [0.15, 0.2) is 5.76 Å². The topological polar surface area (TPSA) is 174 Å². The lowest BCUT2D eigenvalue weighted by molar-refractivity contribution is -0.142. The molecule has 0 saturated heterocycles. The van der Waals surface area contributed by atoms with Crippen LogP contribution in [0.3, 0.4) is 0 Å². The molecule has 1 amide bonds. The van der Waals surface area contributed by atoms with Crippen LogP contribution in [0.1, 0.15) is 18.1 Å². The summed E-state index contributed by atoms with van der Waals surface area (Å²) in [5.41, 5.74) is 2.26. The first kappa shape index (κ1) is 30.8. The third kappa shape index (κ3) is 7.28. The lowest BCUT2D eigenvalue weighted by Gasteiger charge is -2.19. The van der Waals surface area contributed by atoms with E-state index in [0.717, 1.165) is 12.2 Å². The Hall–Kier alpha value is -5.69. The number of hydrogen-bond acceptors (Lipinski definition) is 10. The molecule has 0 aliphatic carbocycles. The number of ether oxygens (including phenoxy) is 3. The summed E-state index contributed by atoms with van der Waals surface area (Å²) in [6.07, 6.45) is 7.28. The minimum absolute atomic E-state index is 0. The van der Waals surface area contributed by atoms with Crippen LogP contribution in [0.25, 0.3) is 10.9 Å². The molecular weight excluding hydrogens is 542 g/mol. The van der Waals surface area contributed by atoms with Crippen molar-refractivity contribution in [1.82, 2.24) is 9.88 Å². The Labute approximate surface area is 241 Å². The number of esters is 2. The fourth-order valence-electron chi connectivity index (χ4n) is 3.85. The standard InChI is InChI=1S/C30H25N5O6.H2O/c1-5-18-8-7-9-21(12-18)32-29-20(16-31)13-19-14-23(24(39-6-2)15-22(19)33-29)34-30(38)28-25(17-35(3)4)40-26(36)10-11-27(37)41-28;/h1,7-15H,6,17H2,2-4H3,(H,32,33)(H,34,38);1H2/b11-10-,28-25+;. The van der Waals surface area contributed by atoms with E-state index in [2.05, 4.69) is 27.6 Å². The van der Waals surface area contributed by atoms with Crippen LogP contribution in [0, 0.1) is 23.7 Å². The molecule has 12 nitrogen and oxygen atoms in total. The van der Waals surface area contributed by atoms with Crippen molar-refractivity contribution in [1.29, 1.82) is 5.26 Å². The molecule has 0 spiro atoms. The molecule has 4 rings (SSSR count). The van der Waals surface area contributed by atoms with Crippen LogP contribution in [0.5, 0.6) is 5.75 Å². The summed E-state index contributed by atoms with van der Waals surface area (Å²) in [6.45, 7) is 2.04. The normalized spacial score (nSPS) is 15.2. The van der Waals surface area contributed by atoms with Gasteiger partial charge in [-0.3, -0.25) is 4.79 Å². The zero-order valence-electron chi connectivity index (χ0n) is 23.0. The Morgan fingerprint density at radius 3 is 2.52 bits per heavy atom. The van der Waals surface area contributed by atoms with Crippen LogP contribution in [0.4, 0.5) is 17.2 Å². The van der Waals surface area contributed by atoms with Crippen molar-refractivity contribution in [3.63, 3.8) is 0 Å². The first-order chi connectivity index (χ1) is 19.7. The van der Waals surface area contributed by atoms with Gasteiger partial charge in [0.25, 0.3) is 5.91 Å². The number of nitrogens with zero attached hydrogens (tertiary/aromatic N) is 3. The maximum atomic E-state index is 13.4. The molecule has 2 heterocycles. The molecule has 1 aliphatic rings. The van der Waals surface area contributed by atoms with Gasteiger partial charge in [0.05, 0.1) is 29.9 Å². The summed E-state index contributed by atoms with van der Waals surface area (Å²) in [5, 5.41) is 16.1. The molecule has 0 unspecified atom stereocenters. The molecule has 0 atom stereocenters. The van der Waals surface area contributed by atoms with E-state index >= 15 is 0 Å². The summed E-state index contributed by atoms with van der Waals surface area (Å²) in [5.74, 6) is -0.0662. The van der Waals surface area contributed by atoms with Crippen molar-refractivity contribution >= 4 is 45.9 Å². The van der Waals surface area contributed by atoms with E-state index in [-0.39, 0.29) is 41.4 Å². The number of amides is 1. The Morgan fingerprint density at radius 2 is 1.86 bits per heavy atom. The van der Waals surface area contributed by atoms with Crippen molar-refractivity contribution in [3.05, 3.63) is 77.3 Å². The number of fused-ring (bicyclic) bond motifs is 1. The number of nitriles is 1. The van der Waals surface area contributed by atoms with Crippen LogP contribution in [-0.4, -0.2) is 60.5 Å². The maximum Gasteiger partial charge on any atom is 0.336 e. The Morgan fingerprint density at radius 1 is 1.12 bits per heavy atom. The predicted octanol–water partition coefficient (Wildman–Crippen LogP) is 2.77. The van der Waals surface area contributed by atoms with Gasteiger partial charge in [-0.25, -0.2) is 14.6 Å². The summed E-state index contributed by atoms with van der Waals surface area (Å²) >= 11 is 0. The minimum Gasteiger partial charge on any atom is -0.492 e. The highest BCUT2D eigenvalue weighted by Crippen LogP contribution is 2.33. The van der Waals surface area contributed by atoms with Gasteiger partial charge in [-0.15, -0.1) is 6.42 Å². The number of terminal acetylenes is 1. The molecule has 2 aromatic carbocycles. The highest BCUT2D eigenvalue weighted by Gasteiger charge is 2.27. The Balaban J connectivity index is 0.00000484. The van der Waals surface area contributed by atoms with Crippen molar-refractivity contribution in [2.24, 2.45) is 0 Å². The first-order valence-corrected chi connectivity index (χ1v) is 12.4. The Bertz CT molecular complexity index is 1700. The summed E-state index contributed by atoms with van der Waals surface area (Å²) < 4.78 is 16.2. The lowest BCUT2D eigenvalue weighted by Crippen LogP contribution is -2.27. The van der Waals surface area contributed by atoms with Crippen LogP contribution < -0.4 is 15.4 Å². The average molecular weight is 570 g/mol. The molecule has 3 aromatic rings. The second-order valence-corrected chi connectivity index (χ2v) is 8.94. The fraction of sp³-hybridized carbons (Fsp3) is 0.167. The van der Waals surface area contributed by atoms with Crippen LogP contribution in [0.15, 0.2) is 66.1 Å². The van der Waals surface area contributed by atoms with Crippen LogP contribution >= 0.6 is 0 Å². The van der Waals surface area contributed by atoms with E-state index in [4.69, 9.17) is 20.6 Å². The zero-order valence-corrected chi connectivity index (χ0v) is 23.0. The maximum absolute atomic E-state index is 13.4. The fourth-order valence-corrected chi connectivity index (χ4v) is 3.85. The third-order valence-corrected chi connectivity index (χ3v) is 5.58. The van der Waals surface area contributed by atoms with Gasteiger partial charge in [0.2, 0.25) is 5.76 Å². The molecule has 214 valence electrons. The van der Waals surface area contributed by atoms with E-state index in [9.17, 15) is 19.6 Å². The summed E-state index contributed by atoms with van der Waals surface area (Å²) in [7, 11) is 3.38. The minimum atomic E-state index is -0.915. The molecule has 42 heavy (non-hydrogen) atoms. The SMILES string of the molecule is C#Cc1cccc(Nc2nc3cc(OCC)c(NC(=O)/C4=C(/CN(C)C)OC(=O)/C=C\C(=O)O4)cc3cc2C#N)c1.O. The first-order valence-electron chi connectivity index (χ1n) is 12.4. The number of hydrogen-bond donors (Lipinski definition) is 2. The van der Waals surface area contributed by atoms with Gasteiger partial charge in [-0.1, -0.05) is 12.0 Å². The molecule has 0 fully saturated rings. The third-order valence-electron chi connectivity index (χ3n) is 5.58. The smallest absolute Gasteiger partial charge is 0.336 e.